The number of carbonyl (C=O) groups is 1. The number of methoxy groups -OCH3 is 2. The number of carbonyl (C=O) groups excluding carboxylic acids is 1. The van der Waals surface area contributed by atoms with Crippen LogP contribution in [0.3, 0.4) is 0 Å². The van der Waals surface area contributed by atoms with Crippen molar-refractivity contribution in [1.82, 2.24) is 15.1 Å². The monoisotopic (exact) mass is 379 g/mol. The van der Waals surface area contributed by atoms with Crippen molar-refractivity contribution >= 4 is 5.91 Å². The molecule has 0 unspecified atom stereocenters. The quantitative estimate of drug-likeness (QED) is 0.683. The molecular formula is C22H25N3O3. The first kappa shape index (κ1) is 19.5. The Morgan fingerprint density at radius 3 is 2.32 bits per heavy atom. The van der Waals surface area contributed by atoms with E-state index in [1.165, 1.54) is 0 Å². The minimum absolute atomic E-state index is 0.0969. The van der Waals surface area contributed by atoms with Gasteiger partial charge in [-0.15, -0.1) is 0 Å². The summed E-state index contributed by atoms with van der Waals surface area (Å²) in [6.07, 6.45) is 0.704. The maximum absolute atomic E-state index is 12.4. The van der Waals surface area contributed by atoms with Crippen molar-refractivity contribution in [3.05, 3.63) is 71.0 Å². The van der Waals surface area contributed by atoms with Gasteiger partial charge in [-0.2, -0.15) is 5.10 Å². The second-order valence-corrected chi connectivity index (χ2v) is 6.58. The number of benzene rings is 2. The summed E-state index contributed by atoms with van der Waals surface area (Å²) in [5.74, 6) is 1.28. The average Bonchev–Trinajstić information content (AvgIpc) is 3.05. The fourth-order valence-corrected chi connectivity index (χ4v) is 3.10. The van der Waals surface area contributed by atoms with Crippen LogP contribution in [0, 0.1) is 13.8 Å². The number of hydrogen-bond donors (Lipinski definition) is 1. The molecule has 0 saturated carbocycles. The Morgan fingerprint density at radius 2 is 1.71 bits per heavy atom. The SMILES string of the molecule is COc1ccc(CCNC(=O)c2ccc(-n3nc(C)cc3C)cc2)cc1OC. The van der Waals surface area contributed by atoms with Crippen LogP contribution in [-0.2, 0) is 6.42 Å². The molecule has 0 aliphatic carbocycles. The number of hydrogen-bond acceptors (Lipinski definition) is 4. The van der Waals surface area contributed by atoms with Gasteiger partial charge in [-0.3, -0.25) is 4.79 Å². The molecule has 1 amide bonds. The van der Waals surface area contributed by atoms with Crippen LogP contribution in [0.25, 0.3) is 5.69 Å². The first-order chi connectivity index (χ1) is 13.5. The Hall–Kier alpha value is -3.28. The second-order valence-electron chi connectivity index (χ2n) is 6.58. The number of ether oxygens (including phenoxy) is 2. The van der Waals surface area contributed by atoms with Crippen LogP contribution in [0.15, 0.2) is 48.5 Å². The Balaban J connectivity index is 1.59. The van der Waals surface area contributed by atoms with E-state index in [0.29, 0.717) is 30.0 Å². The van der Waals surface area contributed by atoms with Crippen LogP contribution in [-0.4, -0.2) is 36.5 Å². The van der Waals surface area contributed by atoms with Crippen LogP contribution in [0.5, 0.6) is 11.5 Å². The molecule has 1 N–H and O–H groups in total. The first-order valence-corrected chi connectivity index (χ1v) is 9.14. The molecule has 0 atom stereocenters. The van der Waals surface area contributed by atoms with E-state index in [2.05, 4.69) is 10.4 Å². The highest BCUT2D eigenvalue weighted by Gasteiger charge is 2.09. The van der Waals surface area contributed by atoms with Crippen molar-refractivity contribution in [2.75, 3.05) is 20.8 Å². The van der Waals surface area contributed by atoms with E-state index in [1.54, 1.807) is 14.2 Å². The molecule has 6 heteroatoms. The van der Waals surface area contributed by atoms with Gasteiger partial charge in [0.2, 0.25) is 0 Å². The largest absolute Gasteiger partial charge is 0.493 e. The molecule has 3 aromatic rings. The van der Waals surface area contributed by atoms with Crippen LogP contribution >= 0.6 is 0 Å². The van der Waals surface area contributed by atoms with Crippen molar-refractivity contribution < 1.29 is 14.3 Å². The van der Waals surface area contributed by atoms with Gasteiger partial charge < -0.3 is 14.8 Å². The van der Waals surface area contributed by atoms with Crippen molar-refractivity contribution in [1.29, 1.82) is 0 Å². The van der Waals surface area contributed by atoms with Gasteiger partial charge in [0.05, 0.1) is 25.6 Å². The van der Waals surface area contributed by atoms with Gasteiger partial charge in [-0.1, -0.05) is 6.07 Å². The van der Waals surface area contributed by atoms with Crippen LogP contribution < -0.4 is 14.8 Å². The zero-order valence-electron chi connectivity index (χ0n) is 16.7. The average molecular weight is 379 g/mol. The number of aryl methyl sites for hydroxylation is 2. The molecule has 28 heavy (non-hydrogen) atoms. The Bertz CT molecular complexity index is 962. The Labute approximate surface area is 165 Å². The number of aromatic nitrogens is 2. The zero-order valence-corrected chi connectivity index (χ0v) is 16.7. The maximum Gasteiger partial charge on any atom is 0.251 e. The normalized spacial score (nSPS) is 10.6. The number of rotatable bonds is 7. The molecule has 0 spiro atoms. The fourth-order valence-electron chi connectivity index (χ4n) is 3.10. The molecule has 1 aromatic heterocycles. The highest BCUT2D eigenvalue weighted by molar-refractivity contribution is 5.94. The van der Waals surface area contributed by atoms with Gasteiger partial charge in [-0.25, -0.2) is 4.68 Å². The van der Waals surface area contributed by atoms with Crippen LogP contribution in [0.2, 0.25) is 0 Å². The predicted octanol–water partition coefficient (Wildman–Crippen LogP) is 3.48. The lowest BCUT2D eigenvalue weighted by Gasteiger charge is -2.10. The van der Waals surface area contributed by atoms with Crippen LogP contribution in [0.4, 0.5) is 0 Å². The number of amides is 1. The van der Waals surface area contributed by atoms with Gasteiger partial charge in [-0.05, 0) is 68.3 Å². The minimum Gasteiger partial charge on any atom is -0.493 e. The smallest absolute Gasteiger partial charge is 0.251 e. The van der Waals surface area contributed by atoms with E-state index < -0.39 is 0 Å². The molecule has 0 saturated heterocycles. The van der Waals surface area contributed by atoms with Crippen molar-refractivity contribution in [3.8, 4) is 17.2 Å². The molecule has 3 rings (SSSR count). The summed E-state index contributed by atoms with van der Waals surface area (Å²) in [5.41, 5.74) is 4.65. The summed E-state index contributed by atoms with van der Waals surface area (Å²) >= 11 is 0. The third kappa shape index (κ3) is 4.34. The highest BCUT2D eigenvalue weighted by Crippen LogP contribution is 2.27. The van der Waals surface area contributed by atoms with Gasteiger partial charge in [0.25, 0.3) is 5.91 Å². The Morgan fingerprint density at radius 1 is 1.00 bits per heavy atom. The van der Waals surface area contributed by atoms with Crippen molar-refractivity contribution in [2.45, 2.75) is 20.3 Å². The molecule has 2 aromatic carbocycles. The van der Waals surface area contributed by atoms with E-state index in [1.807, 2.05) is 67.1 Å². The fraction of sp³-hybridized carbons (Fsp3) is 0.273. The molecule has 0 radical (unpaired) electrons. The summed E-state index contributed by atoms with van der Waals surface area (Å²) in [5, 5.41) is 7.42. The van der Waals surface area contributed by atoms with Gasteiger partial charge in [0, 0.05) is 17.8 Å². The highest BCUT2D eigenvalue weighted by atomic mass is 16.5. The second kappa shape index (κ2) is 8.61. The summed E-state index contributed by atoms with van der Waals surface area (Å²) in [7, 11) is 3.22. The lowest BCUT2D eigenvalue weighted by molar-refractivity contribution is 0.0954. The van der Waals surface area contributed by atoms with E-state index >= 15 is 0 Å². The molecule has 1 heterocycles. The van der Waals surface area contributed by atoms with Gasteiger partial charge in [0.15, 0.2) is 11.5 Å². The first-order valence-electron chi connectivity index (χ1n) is 9.14. The third-order valence-electron chi connectivity index (χ3n) is 4.53. The van der Waals surface area contributed by atoms with E-state index in [4.69, 9.17) is 9.47 Å². The maximum atomic E-state index is 12.4. The molecule has 0 bridgehead atoms. The van der Waals surface area contributed by atoms with E-state index in [0.717, 1.165) is 22.6 Å². The summed E-state index contributed by atoms with van der Waals surface area (Å²) in [6.45, 7) is 4.51. The molecule has 146 valence electrons. The minimum atomic E-state index is -0.0969. The summed E-state index contributed by atoms with van der Waals surface area (Å²) in [4.78, 5) is 12.4. The van der Waals surface area contributed by atoms with E-state index in [-0.39, 0.29) is 5.91 Å². The lowest BCUT2D eigenvalue weighted by Crippen LogP contribution is -2.25. The van der Waals surface area contributed by atoms with Crippen molar-refractivity contribution in [2.24, 2.45) is 0 Å². The standard InChI is InChI=1S/C22H25N3O3/c1-15-13-16(2)25(24-15)19-8-6-18(7-9-19)22(26)23-12-11-17-5-10-20(27-3)21(14-17)28-4/h5-10,13-14H,11-12H2,1-4H3,(H,23,26). The third-order valence-corrected chi connectivity index (χ3v) is 4.53. The predicted molar refractivity (Wildman–Crippen MR) is 109 cm³/mol. The summed E-state index contributed by atoms with van der Waals surface area (Å²) < 4.78 is 12.4. The molecular weight excluding hydrogens is 354 g/mol. The zero-order chi connectivity index (χ0) is 20.1. The molecule has 0 fully saturated rings. The van der Waals surface area contributed by atoms with E-state index in [9.17, 15) is 4.79 Å². The number of nitrogens with zero attached hydrogens (tertiary/aromatic N) is 2. The molecule has 0 aliphatic heterocycles. The summed E-state index contributed by atoms with van der Waals surface area (Å²) in [6, 6.07) is 15.2. The number of nitrogens with one attached hydrogen (secondary N) is 1. The molecule has 6 nitrogen and oxygen atoms in total. The lowest BCUT2D eigenvalue weighted by atomic mass is 10.1. The van der Waals surface area contributed by atoms with Crippen LogP contribution in [0.1, 0.15) is 27.3 Å². The molecule has 0 aliphatic rings. The van der Waals surface area contributed by atoms with Gasteiger partial charge >= 0.3 is 0 Å². The van der Waals surface area contributed by atoms with Crippen molar-refractivity contribution in [3.63, 3.8) is 0 Å². The Kier molecular flexibility index (Phi) is 5.99. The van der Waals surface area contributed by atoms with Gasteiger partial charge in [0.1, 0.15) is 0 Å². The topological polar surface area (TPSA) is 65.4 Å².